The second kappa shape index (κ2) is 14.1. The number of aromatic nitrogens is 2. The van der Waals surface area contributed by atoms with Gasteiger partial charge in [-0.3, -0.25) is 14.5 Å². The van der Waals surface area contributed by atoms with Gasteiger partial charge in [0, 0.05) is 15.8 Å². The van der Waals surface area contributed by atoms with Crippen molar-refractivity contribution in [1.29, 1.82) is 0 Å². The van der Waals surface area contributed by atoms with Crippen LogP contribution in [0.5, 0.6) is 11.5 Å². The number of nitrogens with zero attached hydrogens (tertiary/aromatic N) is 3. The zero-order valence-corrected chi connectivity index (χ0v) is 27.3. The van der Waals surface area contributed by atoms with Crippen LogP contribution in [-0.2, 0) is 10.5 Å². The highest BCUT2D eigenvalue weighted by Crippen LogP contribution is 2.46. The van der Waals surface area contributed by atoms with Gasteiger partial charge >= 0.3 is 0 Å². The Bertz CT molecular complexity index is 1720. The predicted molar refractivity (Wildman–Crippen MR) is 172 cm³/mol. The van der Waals surface area contributed by atoms with E-state index in [1.807, 2.05) is 13.0 Å². The Morgan fingerprint density at radius 3 is 2.61 bits per heavy atom. The van der Waals surface area contributed by atoms with Gasteiger partial charge in [0.2, 0.25) is 10.9 Å². The van der Waals surface area contributed by atoms with Crippen LogP contribution in [0.2, 0.25) is 10.0 Å². The van der Waals surface area contributed by atoms with E-state index in [4.69, 9.17) is 37.1 Å². The lowest BCUT2D eigenvalue weighted by Gasteiger charge is -2.25. The lowest BCUT2D eigenvalue weighted by molar-refractivity contribution is -0.117. The van der Waals surface area contributed by atoms with Crippen LogP contribution in [0.25, 0.3) is 0 Å². The maximum Gasteiger partial charge on any atom is 0.296 e. The molecule has 3 heterocycles. The minimum Gasteiger partial charge on any atom is -0.503 e. The number of ketones is 1. The van der Waals surface area contributed by atoms with Gasteiger partial charge in [0.05, 0.1) is 24.8 Å². The summed E-state index contributed by atoms with van der Waals surface area (Å²) in [5.41, 5.74) is 1.24. The van der Waals surface area contributed by atoms with Gasteiger partial charge < -0.3 is 19.0 Å². The van der Waals surface area contributed by atoms with Gasteiger partial charge in [-0.05, 0) is 67.8 Å². The SMILES string of the molecule is CCCCOc1ccc(C2C(C(=O)c3ccc(C)o3)=C(O)C(=O)N2c2nnc(SCc3ccc(Cl)cc3Cl)s2)cc1OCC. The third kappa shape index (κ3) is 6.76. The number of furan rings is 1. The molecule has 0 radical (unpaired) electrons. The normalized spacial score (nSPS) is 14.9. The summed E-state index contributed by atoms with van der Waals surface area (Å²) in [6, 6.07) is 12.6. The average molecular weight is 675 g/mol. The molecule has 9 nitrogen and oxygen atoms in total. The number of halogens is 2. The lowest BCUT2D eigenvalue weighted by atomic mass is 9.95. The fourth-order valence-electron chi connectivity index (χ4n) is 4.58. The number of unbranched alkanes of at least 4 members (excludes halogenated alkanes) is 1. The number of carbonyl (C=O) groups is 2. The topological polar surface area (TPSA) is 115 Å². The molecule has 1 unspecified atom stereocenters. The molecule has 1 atom stereocenters. The fraction of sp³-hybridized carbons (Fsp3) is 0.290. The number of hydrogen-bond acceptors (Lipinski definition) is 10. The molecular formula is C31H29Cl2N3O6S2. The van der Waals surface area contributed by atoms with E-state index in [-0.39, 0.29) is 16.5 Å². The number of thioether (sulfide) groups is 1. The van der Waals surface area contributed by atoms with Crippen molar-refractivity contribution in [2.45, 2.75) is 49.7 Å². The van der Waals surface area contributed by atoms with E-state index in [2.05, 4.69) is 17.1 Å². The van der Waals surface area contributed by atoms with Gasteiger partial charge in [-0.15, -0.1) is 10.2 Å². The second-order valence-electron chi connectivity index (χ2n) is 9.80. The molecule has 1 aliphatic heterocycles. The van der Waals surface area contributed by atoms with Gasteiger partial charge in [-0.25, -0.2) is 0 Å². The van der Waals surface area contributed by atoms with Crippen molar-refractivity contribution < 1.29 is 28.6 Å². The average Bonchev–Trinajstić information content (AvgIpc) is 3.71. The first kappa shape index (κ1) is 31.9. The van der Waals surface area contributed by atoms with Crippen LogP contribution in [0.4, 0.5) is 5.13 Å². The number of aryl methyl sites for hydroxylation is 1. The third-order valence-electron chi connectivity index (χ3n) is 6.72. The molecule has 5 rings (SSSR count). The van der Waals surface area contributed by atoms with Crippen LogP contribution < -0.4 is 14.4 Å². The van der Waals surface area contributed by atoms with Gasteiger partial charge in [-0.2, -0.15) is 0 Å². The van der Waals surface area contributed by atoms with Gasteiger partial charge in [0.15, 0.2) is 27.4 Å². The number of carbonyl (C=O) groups excluding carboxylic acids is 2. The summed E-state index contributed by atoms with van der Waals surface area (Å²) in [6.45, 7) is 6.51. The number of aliphatic hydroxyl groups excluding tert-OH is 1. The maximum absolute atomic E-state index is 13.7. The van der Waals surface area contributed by atoms with Crippen LogP contribution in [0, 0.1) is 6.92 Å². The molecular weight excluding hydrogens is 645 g/mol. The molecule has 0 aliphatic carbocycles. The van der Waals surface area contributed by atoms with Gasteiger partial charge in [0.25, 0.3) is 5.91 Å². The number of rotatable bonds is 13. The van der Waals surface area contributed by atoms with Crippen molar-refractivity contribution in [3.05, 3.63) is 92.6 Å². The number of aliphatic hydroxyl groups is 1. The highest BCUT2D eigenvalue weighted by Gasteiger charge is 2.47. The monoisotopic (exact) mass is 673 g/mol. The highest BCUT2D eigenvalue weighted by atomic mass is 35.5. The Kier molecular flexibility index (Phi) is 10.2. The van der Waals surface area contributed by atoms with Crippen molar-refractivity contribution in [2.75, 3.05) is 18.1 Å². The third-order valence-corrected chi connectivity index (χ3v) is 9.42. The van der Waals surface area contributed by atoms with Crippen molar-refractivity contribution in [3.8, 4) is 11.5 Å². The summed E-state index contributed by atoms with van der Waals surface area (Å²) in [7, 11) is 0. The largest absolute Gasteiger partial charge is 0.503 e. The molecule has 0 bridgehead atoms. The summed E-state index contributed by atoms with van der Waals surface area (Å²) >= 11 is 14.9. The highest BCUT2D eigenvalue weighted by molar-refractivity contribution is 8.00. The van der Waals surface area contributed by atoms with E-state index in [0.29, 0.717) is 56.2 Å². The van der Waals surface area contributed by atoms with Gasteiger partial charge in [0.1, 0.15) is 5.76 Å². The molecule has 0 spiro atoms. The minimum absolute atomic E-state index is 0.00148. The van der Waals surface area contributed by atoms with E-state index in [0.717, 1.165) is 29.7 Å². The summed E-state index contributed by atoms with van der Waals surface area (Å²) in [4.78, 5) is 28.7. The Morgan fingerprint density at radius 2 is 1.91 bits per heavy atom. The first-order chi connectivity index (χ1) is 21.2. The molecule has 1 N–H and O–H groups in total. The summed E-state index contributed by atoms with van der Waals surface area (Å²) < 4.78 is 18.0. The fourth-order valence-corrected chi connectivity index (χ4v) is 7.01. The first-order valence-corrected chi connectivity index (χ1v) is 16.4. The van der Waals surface area contributed by atoms with E-state index < -0.39 is 23.5 Å². The number of benzene rings is 2. The van der Waals surface area contributed by atoms with Gasteiger partial charge in [-0.1, -0.05) is 71.8 Å². The molecule has 44 heavy (non-hydrogen) atoms. The number of hydrogen-bond donors (Lipinski definition) is 1. The minimum atomic E-state index is -1.04. The Morgan fingerprint density at radius 1 is 1.09 bits per heavy atom. The van der Waals surface area contributed by atoms with E-state index in [9.17, 15) is 14.7 Å². The van der Waals surface area contributed by atoms with Crippen molar-refractivity contribution in [1.82, 2.24) is 10.2 Å². The lowest BCUT2D eigenvalue weighted by Crippen LogP contribution is -2.31. The molecule has 13 heteroatoms. The van der Waals surface area contributed by atoms with E-state index in [1.165, 1.54) is 22.7 Å². The van der Waals surface area contributed by atoms with E-state index >= 15 is 0 Å². The smallest absolute Gasteiger partial charge is 0.296 e. The Hall–Kier alpha value is -3.51. The summed E-state index contributed by atoms with van der Waals surface area (Å²) in [5.74, 6) is -0.0821. The van der Waals surface area contributed by atoms with Crippen molar-refractivity contribution in [2.24, 2.45) is 0 Å². The summed E-state index contributed by atoms with van der Waals surface area (Å²) in [6.07, 6.45) is 1.84. The standard InChI is InChI=1S/C31H29Cl2N3O6S2/c1-4-6-13-41-22-12-9-18(14-24(22)40-5-2)26-25(27(37)23-11-7-17(3)42-23)28(38)29(39)36(26)30-34-35-31(44-30)43-16-19-8-10-20(32)15-21(19)33/h7-12,14-15,26,38H,4-6,13,16H2,1-3H3. The zero-order chi connectivity index (χ0) is 31.4. The number of amides is 1. The summed E-state index contributed by atoms with van der Waals surface area (Å²) in [5, 5.41) is 20.9. The molecule has 0 saturated carbocycles. The van der Waals surface area contributed by atoms with Crippen LogP contribution in [0.15, 0.2) is 68.6 Å². The quantitative estimate of drug-likeness (QED) is 0.0646. The molecule has 2 aromatic carbocycles. The van der Waals surface area contributed by atoms with Crippen molar-refractivity contribution >= 4 is 63.1 Å². The van der Waals surface area contributed by atoms with Crippen LogP contribution in [-0.4, -0.2) is 40.2 Å². The van der Waals surface area contributed by atoms with E-state index in [1.54, 1.807) is 43.3 Å². The molecule has 230 valence electrons. The van der Waals surface area contributed by atoms with Crippen LogP contribution >= 0.6 is 46.3 Å². The number of Topliss-reactive ketones (excluding diaryl/α,β-unsaturated/α-hetero) is 1. The Balaban J connectivity index is 1.52. The molecule has 1 amide bonds. The molecule has 0 fully saturated rings. The maximum atomic E-state index is 13.7. The van der Waals surface area contributed by atoms with Crippen LogP contribution in [0.3, 0.4) is 0 Å². The zero-order valence-electron chi connectivity index (χ0n) is 24.1. The first-order valence-electron chi connectivity index (χ1n) is 13.9. The van der Waals surface area contributed by atoms with Crippen molar-refractivity contribution in [3.63, 3.8) is 0 Å². The second-order valence-corrected chi connectivity index (χ2v) is 12.8. The predicted octanol–water partition coefficient (Wildman–Crippen LogP) is 8.40. The molecule has 2 aromatic heterocycles. The Labute approximate surface area is 272 Å². The molecule has 0 saturated heterocycles. The molecule has 1 aliphatic rings. The number of anilines is 1. The van der Waals surface area contributed by atoms with Crippen LogP contribution in [0.1, 0.15) is 60.2 Å². The molecule has 4 aromatic rings. The number of ether oxygens (including phenoxy) is 2.